The van der Waals surface area contributed by atoms with Crippen LogP contribution in [-0.2, 0) is 6.54 Å². The average Bonchev–Trinajstić information content (AvgIpc) is 2.62. The summed E-state index contributed by atoms with van der Waals surface area (Å²) in [4.78, 5) is 16.8. The third-order valence-corrected chi connectivity index (χ3v) is 4.83. The van der Waals surface area contributed by atoms with Crippen LogP contribution in [0.2, 0.25) is 5.02 Å². The van der Waals surface area contributed by atoms with Gasteiger partial charge in [-0.25, -0.2) is 0 Å². The number of benzene rings is 2. The van der Waals surface area contributed by atoms with Crippen LogP contribution in [-0.4, -0.2) is 49.0 Å². The van der Waals surface area contributed by atoms with Crippen molar-refractivity contribution in [2.24, 2.45) is 0 Å². The van der Waals surface area contributed by atoms with Crippen LogP contribution in [0.1, 0.15) is 21.5 Å². The van der Waals surface area contributed by atoms with Gasteiger partial charge in [0.1, 0.15) is 5.75 Å². The zero-order valence-electron chi connectivity index (χ0n) is 14.7. The first-order valence-electron chi connectivity index (χ1n) is 8.47. The molecule has 132 valence electrons. The highest BCUT2D eigenvalue weighted by atomic mass is 35.5. The van der Waals surface area contributed by atoms with Crippen molar-refractivity contribution >= 4 is 17.5 Å². The first-order chi connectivity index (χ1) is 12.1. The molecule has 4 nitrogen and oxygen atoms in total. The fourth-order valence-electron chi connectivity index (χ4n) is 3.21. The van der Waals surface area contributed by atoms with E-state index in [9.17, 15) is 4.79 Å². The summed E-state index contributed by atoms with van der Waals surface area (Å²) >= 11 is 5.99. The molecular weight excluding hydrogens is 336 g/mol. The van der Waals surface area contributed by atoms with E-state index in [1.54, 1.807) is 19.2 Å². The monoisotopic (exact) mass is 358 g/mol. The summed E-state index contributed by atoms with van der Waals surface area (Å²) in [6, 6.07) is 13.4. The highest BCUT2D eigenvalue weighted by molar-refractivity contribution is 6.30. The van der Waals surface area contributed by atoms with Crippen molar-refractivity contribution in [2.75, 3.05) is 33.3 Å². The normalized spacial score (nSPS) is 15.2. The van der Waals surface area contributed by atoms with E-state index in [1.165, 1.54) is 5.56 Å². The summed E-state index contributed by atoms with van der Waals surface area (Å²) < 4.78 is 5.31. The van der Waals surface area contributed by atoms with Crippen LogP contribution in [0.4, 0.5) is 0 Å². The van der Waals surface area contributed by atoms with E-state index >= 15 is 0 Å². The molecule has 3 rings (SSSR count). The van der Waals surface area contributed by atoms with Gasteiger partial charge in [-0.05, 0) is 42.3 Å². The third-order valence-electron chi connectivity index (χ3n) is 4.60. The second-order valence-corrected chi connectivity index (χ2v) is 6.82. The van der Waals surface area contributed by atoms with Gasteiger partial charge >= 0.3 is 0 Å². The number of nitrogens with zero attached hydrogens (tertiary/aromatic N) is 2. The molecule has 0 radical (unpaired) electrons. The standard InChI is InChI=1S/C20H23ClN2O2/c1-15-12-16(6-7-19(15)25-2)14-22-8-10-23(11-9-22)20(24)17-4-3-5-18(21)13-17/h3-7,12-13H,8-11,14H2,1-2H3. The third kappa shape index (κ3) is 4.33. The molecule has 5 heteroatoms. The van der Waals surface area contributed by atoms with Gasteiger partial charge in [0, 0.05) is 43.3 Å². The van der Waals surface area contributed by atoms with Crippen LogP contribution < -0.4 is 4.74 Å². The minimum Gasteiger partial charge on any atom is -0.496 e. The van der Waals surface area contributed by atoms with Gasteiger partial charge in [-0.1, -0.05) is 29.8 Å². The van der Waals surface area contributed by atoms with Crippen LogP contribution in [0.5, 0.6) is 5.75 Å². The minimum absolute atomic E-state index is 0.0578. The molecule has 0 aliphatic carbocycles. The molecule has 1 heterocycles. The van der Waals surface area contributed by atoms with Crippen molar-refractivity contribution in [3.63, 3.8) is 0 Å². The Morgan fingerprint density at radius 1 is 1.12 bits per heavy atom. The molecule has 25 heavy (non-hydrogen) atoms. The number of carbonyl (C=O) groups is 1. The van der Waals surface area contributed by atoms with Crippen molar-refractivity contribution < 1.29 is 9.53 Å². The van der Waals surface area contributed by atoms with E-state index in [-0.39, 0.29) is 5.91 Å². The zero-order valence-corrected chi connectivity index (χ0v) is 15.4. The smallest absolute Gasteiger partial charge is 0.253 e. The molecule has 1 fully saturated rings. The largest absolute Gasteiger partial charge is 0.496 e. The van der Waals surface area contributed by atoms with Gasteiger partial charge in [-0.15, -0.1) is 0 Å². The van der Waals surface area contributed by atoms with E-state index < -0.39 is 0 Å². The summed E-state index contributed by atoms with van der Waals surface area (Å²) in [6.07, 6.45) is 0. The Balaban J connectivity index is 1.56. The quantitative estimate of drug-likeness (QED) is 0.837. The topological polar surface area (TPSA) is 32.8 Å². The van der Waals surface area contributed by atoms with Gasteiger partial charge in [0.2, 0.25) is 0 Å². The highest BCUT2D eigenvalue weighted by Crippen LogP contribution is 2.20. The maximum Gasteiger partial charge on any atom is 0.253 e. The van der Waals surface area contributed by atoms with Crippen molar-refractivity contribution in [2.45, 2.75) is 13.5 Å². The number of hydrogen-bond donors (Lipinski definition) is 0. The fraction of sp³-hybridized carbons (Fsp3) is 0.350. The predicted octanol–water partition coefficient (Wildman–Crippen LogP) is 3.62. The molecule has 1 saturated heterocycles. The summed E-state index contributed by atoms with van der Waals surface area (Å²) in [6.45, 7) is 6.17. The Labute approximate surface area is 154 Å². The highest BCUT2D eigenvalue weighted by Gasteiger charge is 2.22. The van der Waals surface area contributed by atoms with E-state index in [1.807, 2.05) is 23.1 Å². The van der Waals surface area contributed by atoms with Crippen molar-refractivity contribution in [3.8, 4) is 5.75 Å². The maximum absolute atomic E-state index is 12.6. The first kappa shape index (κ1) is 17.8. The fourth-order valence-corrected chi connectivity index (χ4v) is 3.40. The van der Waals surface area contributed by atoms with Crippen LogP contribution in [0.3, 0.4) is 0 Å². The number of hydrogen-bond acceptors (Lipinski definition) is 3. The Morgan fingerprint density at radius 2 is 1.88 bits per heavy atom. The number of rotatable bonds is 4. The molecule has 0 unspecified atom stereocenters. The lowest BCUT2D eigenvalue weighted by molar-refractivity contribution is 0.0628. The van der Waals surface area contributed by atoms with Crippen molar-refractivity contribution in [1.82, 2.24) is 9.80 Å². The summed E-state index contributed by atoms with van der Waals surface area (Å²) in [5, 5.41) is 0.597. The van der Waals surface area contributed by atoms with Crippen LogP contribution in [0.25, 0.3) is 0 Å². The van der Waals surface area contributed by atoms with Crippen molar-refractivity contribution in [3.05, 3.63) is 64.2 Å². The Bertz CT molecular complexity index is 755. The molecule has 2 aromatic carbocycles. The van der Waals surface area contributed by atoms with Gasteiger partial charge in [0.25, 0.3) is 5.91 Å². The summed E-state index contributed by atoms with van der Waals surface area (Å²) in [5.41, 5.74) is 3.08. The molecule has 0 spiro atoms. The number of aryl methyl sites for hydroxylation is 1. The number of amides is 1. The lowest BCUT2D eigenvalue weighted by atomic mass is 10.1. The molecule has 1 aliphatic heterocycles. The molecule has 1 aliphatic rings. The number of halogens is 1. The van der Waals surface area contributed by atoms with E-state index in [0.717, 1.165) is 44.0 Å². The van der Waals surface area contributed by atoms with Gasteiger partial charge in [-0.3, -0.25) is 9.69 Å². The number of carbonyl (C=O) groups excluding carboxylic acids is 1. The van der Waals surface area contributed by atoms with Crippen LogP contribution in [0, 0.1) is 6.92 Å². The molecular formula is C20H23ClN2O2. The summed E-state index contributed by atoms with van der Waals surface area (Å²) in [7, 11) is 1.69. The van der Waals surface area contributed by atoms with Gasteiger partial charge in [0.15, 0.2) is 0 Å². The predicted molar refractivity (Wildman–Crippen MR) is 100 cm³/mol. The Hall–Kier alpha value is -2.04. The first-order valence-corrected chi connectivity index (χ1v) is 8.85. The number of piperazine rings is 1. The number of methoxy groups -OCH3 is 1. The van der Waals surface area contributed by atoms with E-state index in [0.29, 0.717) is 10.6 Å². The lowest BCUT2D eigenvalue weighted by Crippen LogP contribution is -2.48. The van der Waals surface area contributed by atoms with E-state index in [4.69, 9.17) is 16.3 Å². The molecule has 0 N–H and O–H groups in total. The van der Waals surface area contributed by atoms with Gasteiger partial charge < -0.3 is 9.64 Å². The molecule has 0 saturated carbocycles. The Kier molecular flexibility index (Phi) is 5.61. The minimum atomic E-state index is 0.0578. The maximum atomic E-state index is 12.6. The second-order valence-electron chi connectivity index (χ2n) is 6.38. The molecule has 1 amide bonds. The Morgan fingerprint density at radius 3 is 2.52 bits per heavy atom. The molecule has 0 aromatic heterocycles. The van der Waals surface area contributed by atoms with E-state index in [2.05, 4.69) is 24.0 Å². The summed E-state index contributed by atoms with van der Waals surface area (Å²) in [5.74, 6) is 0.975. The molecule has 0 bridgehead atoms. The SMILES string of the molecule is COc1ccc(CN2CCN(C(=O)c3cccc(Cl)c3)CC2)cc1C. The lowest BCUT2D eigenvalue weighted by Gasteiger charge is -2.35. The van der Waals surface area contributed by atoms with Gasteiger partial charge in [-0.2, -0.15) is 0 Å². The van der Waals surface area contributed by atoms with Crippen LogP contribution >= 0.6 is 11.6 Å². The second kappa shape index (κ2) is 7.89. The van der Waals surface area contributed by atoms with Gasteiger partial charge in [0.05, 0.1) is 7.11 Å². The number of ether oxygens (including phenoxy) is 1. The average molecular weight is 359 g/mol. The van der Waals surface area contributed by atoms with Crippen LogP contribution in [0.15, 0.2) is 42.5 Å². The van der Waals surface area contributed by atoms with Crippen molar-refractivity contribution in [1.29, 1.82) is 0 Å². The molecule has 0 atom stereocenters. The zero-order chi connectivity index (χ0) is 17.8. The molecule has 2 aromatic rings.